The van der Waals surface area contributed by atoms with Crippen molar-refractivity contribution in [3.63, 3.8) is 0 Å². The van der Waals surface area contributed by atoms with Gasteiger partial charge >= 0.3 is 11.9 Å². The Kier molecular flexibility index (Phi) is 10.3. The minimum Gasteiger partial charge on any atom is -0.497 e. The summed E-state index contributed by atoms with van der Waals surface area (Å²) in [7, 11) is 9.06. The molecule has 5 atom stereocenters. The number of benzene rings is 3. The molecule has 5 rings (SSSR count). The van der Waals surface area contributed by atoms with E-state index in [9.17, 15) is 14.4 Å². The van der Waals surface area contributed by atoms with Gasteiger partial charge in [-0.15, -0.1) is 0 Å². The van der Waals surface area contributed by atoms with Crippen molar-refractivity contribution in [3.05, 3.63) is 89.5 Å². The maximum absolute atomic E-state index is 12.8. The number of nitrogens with one attached hydrogen (secondary N) is 1. The summed E-state index contributed by atoms with van der Waals surface area (Å²) in [6.45, 7) is 1.40. The standard InChI is InChI=1S/C37H44N2O9/c1-23(40)47-35-31-21-27(38-33(41)19-20-34(42)43)22-32(39(31,2)3)36(35)48-37(24-7-13-28(44-4)14-8-24,25-9-15-29(45-5)16-10-25)26-11-17-30(46-6)18-12-26/h7-18,27,31-32,35-36H,19-22H2,1-6H3,(H-,38,41,42,43)/p+1/t27?,31-,32+,35-,36+/m0/s1. The van der Waals surface area contributed by atoms with E-state index in [1.807, 2.05) is 72.8 Å². The molecule has 2 N–H and O–H groups in total. The van der Waals surface area contributed by atoms with Gasteiger partial charge in [0.05, 0.1) is 41.8 Å². The van der Waals surface area contributed by atoms with Gasteiger partial charge in [0.15, 0.2) is 12.2 Å². The van der Waals surface area contributed by atoms with Crippen molar-refractivity contribution in [2.24, 2.45) is 0 Å². The second-order valence-corrected chi connectivity index (χ2v) is 12.9. The van der Waals surface area contributed by atoms with Crippen LogP contribution in [0.3, 0.4) is 0 Å². The lowest BCUT2D eigenvalue weighted by Gasteiger charge is -2.45. The van der Waals surface area contributed by atoms with Gasteiger partial charge < -0.3 is 38.6 Å². The fraction of sp³-hybridized carbons (Fsp3) is 0.432. The molecule has 11 heteroatoms. The predicted molar refractivity (Wildman–Crippen MR) is 177 cm³/mol. The Morgan fingerprint density at radius 3 is 1.52 bits per heavy atom. The number of nitrogens with zero attached hydrogens (tertiary/aromatic N) is 1. The number of quaternary nitrogens is 1. The van der Waals surface area contributed by atoms with E-state index in [1.54, 1.807) is 21.3 Å². The number of esters is 1. The topological polar surface area (TPSA) is 130 Å². The van der Waals surface area contributed by atoms with E-state index in [2.05, 4.69) is 19.4 Å². The van der Waals surface area contributed by atoms with Crippen molar-refractivity contribution in [2.45, 2.75) is 68.5 Å². The number of amides is 1. The number of piperidine rings is 1. The van der Waals surface area contributed by atoms with Crippen LogP contribution in [0.4, 0.5) is 0 Å². The summed E-state index contributed by atoms with van der Waals surface area (Å²) in [5.74, 6) is 0.288. The number of carboxylic acid groups (broad SMARTS) is 1. The van der Waals surface area contributed by atoms with Crippen LogP contribution in [0.1, 0.15) is 49.3 Å². The smallest absolute Gasteiger partial charge is 0.303 e. The van der Waals surface area contributed by atoms with Crippen LogP contribution >= 0.6 is 0 Å². The van der Waals surface area contributed by atoms with Crippen molar-refractivity contribution >= 4 is 17.8 Å². The average molecular weight is 662 g/mol. The molecule has 1 unspecified atom stereocenters. The largest absolute Gasteiger partial charge is 0.497 e. The fourth-order valence-corrected chi connectivity index (χ4v) is 7.44. The van der Waals surface area contributed by atoms with E-state index in [0.717, 1.165) is 16.7 Å². The molecule has 2 fully saturated rings. The molecule has 0 spiro atoms. The third-order valence-electron chi connectivity index (χ3n) is 9.88. The van der Waals surface area contributed by atoms with E-state index < -0.39 is 29.7 Å². The van der Waals surface area contributed by atoms with Gasteiger partial charge in [0.25, 0.3) is 0 Å². The highest BCUT2D eigenvalue weighted by Crippen LogP contribution is 2.49. The van der Waals surface area contributed by atoms with Gasteiger partial charge in [0, 0.05) is 32.2 Å². The molecule has 3 aromatic carbocycles. The first kappa shape index (κ1) is 34.7. The Balaban J connectivity index is 1.67. The summed E-state index contributed by atoms with van der Waals surface area (Å²) >= 11 is 0. The lowest BCUT2D eigenvalue weighted by atomic mass is 9.79. The number of carboxylic acids is 1. The molecular weight excluding hydrogens is 616 g/mol. The number of fused-ring (bicyclic) bond motifs is 2. The molecule has 0 saturated carbocycles. The van der Waals surface area contributed by atoms with Crippen LogP contribution in [0.25, 0.3) is 0 Å². The van der Waals surface area contributed by atoms with Crippen molar-refractivity contribution in [1.29, 1.82) is 0 Å². The molecule has 48 heavy (non-hydrogen) atoms. The highest BCUT2D eigenvalue weighted by molar-refractivity contribution is 5.80. The van der Waals surface area contributed by atoms with Crippen LogP contribution in [0, 0.1) is 0 Å². The molecule has 3 aromatic rings. The highest BCUT2D eigenvalue weighted by Gasteiger charge is 2.64. The molecule has 11 nitrogen and oxygen atoms in total. The van der Waals surface area contributed by atoms with E-state index in [1.165, 1.54) is 6.92 Å². The zero-order valence-corrected chi connectivity index (χ0v) is 28.3. The molecule has 2 bridgehead atoms. The number of rotatable bonds is 13. The molecule has 0 aromatic heterocycles. The van der Waals surface area contributed by atoms with E-state index in [-0.39, 0.29) is 36.9 Å². The molecule has 0 aliphatic carbocycles. The van der Waals surface area contributed by atoms with Crippen LogP contribution in [0.5, 0.6) is 17.2 Å². The zero-order valence-electron chi connectivity index (χ0n) is 28.3. The van der Waals surface area contributed by atoms with Gasteiger partial charge in [-0.25, -0.2) is 0 Å². The van der Waals surface area contributed by atoms with Gasteiger partial charge in [-0.05, 0) is 53.1 Å². The Bertz CT molecular complexity index is 1470. The van der Waals surface area contributed by atoms with E-state index >= 15 is 0 Å². The number of carbonyl (C=O) groups is 3. The van der Waals surface area contributed by atoms with Crippen LogP contribution < -0.4 is 19.5 Å². The van der Waals surface area contributed by atoms with Gasteiger partial charge in [0.1, 0.15) is 34.9 Å². The Morgan fingerprint density at radius 2 is 1.15 bits per heavy atom. The number of methoxy groups -OCH3 is 3. The van der Waals surface area contributed by atoms with Gasteiger partial charge in [-0.1, -0.05) is 36.4 Å². The minimum absolute atomic E-state index is 0.109. The third kappa shape index (κ3) is 6.84. The molecule has 1 amide bonds. The maximum atomic E-state index is 12.8. The molecule has 2 aliphatic heterocycles. The number of ether oxygens (including phenoxy) is 5. The fourth-order valence-electron chi connectivity index (χ4n) is 7.44. The number of hydrogen-bond donors (Lipinski definition) is 2. The lowest BCUT2D eigenvalue weighted by molar-refractivity contribution is -0.933. The Labute approximate surface area is 281 Å². The SMILES string of the molecule is COc1ccc(C(O[C@H]2[C@@H](OC(C)=O)[C@@H]3CC(NC(=O)CCC(=O)O)C[C@H]2[N+]3(C)C)(c2ccc(OC)cc2)c2ccc(OC)cc2)cc1. The van der Waals surface area contributed by atoms with Crippen LogP contribution in [-0.4, -0.2) is 93.2 Å². The predicted octanol–water partition coefficient (Wildman–Crippen LogP) is 4.29. The first-order valence-electron chi connectivity index (χ1n) is 16.1. The quantitative estimate of drug-likeness (QED) is 0.157. The van der Waals surface area contributed by atoms with Gasteiger partial charge in [0.2, 0.25) is 5.91 Å². The van der Waals surface area contributed by atoms with E-state index in [4.69, 9.17) is 28.8 Å². The van der Waals surface area contributed by atoms with E-state index in [0.29, 0.717) is 34.6 Å². The van der Waals surface area contributed by atoms with Crippen LogP contribution in [0.15, 0.2) is 72.8 Å². The third-order valence-corrected chi connectivity index (χ3v) is 9.88. The lowest BCUT2D eigenvalue weighted by Crippen LogP contribution is -2.60. The summed E-state index contributed by atoms with van der Waals surface area (Å²) in [6, 6.07) is 22.5. The molecular formula is C37H45N2O9+. The van der Waals surface area contributed by atoms with Crippen molar-refractivity contribution in [1.82, 2.24) is 5.32 Å². The summed E-state index contributed by atoms with van der Waals surface area (Å²) in [4.78, 5) is 36.6. The zero-order chi connectivity index (χ0) is 34.6. The second kappa shape index (κ2) is 14.2. The van der Waals surface area contributed by atoms with Gasteiger partial charge in [-0.2, -0.15) is 0 Å². The molecule has 2 saturated heterocycles. The summed E-state index contributed by atoms with van der Waals surface area (Å²) in [5, 5.41) is 12.1. The summed E-state index contributed by atoms with van der Waals surface area (Å²) in [5.41, 5.74) is 1.27. The minimum atomic E-state index is -1.20. The Hall–Kier alpha value is -4.61. The van der Waals surface area contributed by atoms with Crippen LogP contribution in [0.2, 0.25) is 0 Å². The normalized spacial score (nSPS) is 22.8. The summed E-state index contributed by atoms with van der Waals surface area (Å²) < 4.78 is 30.7. The molecule has 0 radical (unpaired) electrons. The number of hydrogen-bond acceptors (Lipinski definition) is 8. The number of aliphatic carboxylic acids is 1. The first-order chi connectivity index (χ1) is 22.9. The second-order valence-electron chi connectivity index (χ2n) is 12.9. The molecule has 2 aliphatic rings. The average Bonchev–Trinajstić information content (AvgIpc) is 3.16. The van der Waals surface area contributed by atoms with Gasteiger partial charge in [-0.3, -0.25) is 14.4 Å². The highest BCUT2D eigenvalue weighted by atomic mass is 16.6. The van der Waals surface area contributed by atoms with Crippen molar-refractivity contribution in [2.75, 3.05) is 35.4 Å². The van der Waals surface area contributed by atoms with Crippen molar-refractivity contribution < 1.29 is 47.7 Å². The van der Waals surface area contributed by atoms with Crippen LogP contribution in [-0.2, 0) is 29.5 Å². The number of likely N-dealkylation sites (N-methyl/N-ethyl adjacent to an activating group) is 1. The monoisotopic (exact) mass is 661 g/mol. The maximum Gasteiger partial charge on any atom is 0.303 e. The van der Waals surface area contributed by atoms with Crippen molar-refractivity contribution in [3.8, 4) is 17.2 Å². The summed E-state index contributed by atoms with van der Waals surface area (Å²) in [6.07, 6.45) is -0.542. The molecule has 2 heterocycles. The number of carbonyl (C=O) groups excluding carboxylic acids is 2. The first-order valence-corrected chi connectivity index (χ1v) is 16.1. The Morgan fingerprint density at radius 1 is 0.729 bits per heavy atom. The molecule has 256 valence electrons.